The third-order valence-corrected chi connectivity index (χ3v) is 5.46. The first-order valence-corrected chi connectivity index (χ1v) is 8.75. The summed E-state index contributed by atoms with van der Waals surface area (Å²) in [5, 5.41) is 21.5. The van der Waals surface area contributed by atoms with Gasteiger partial charge in [0.15, 0.2) is 0 Å². The summed E-state index contributed by atoms with van der Waals surface area (Å²) in [6.07, 6.45) is 8.70. The van der Waals surface area contributed by atoms with Gasteiger partial charge in [-0.1, -0.05) is 32.1 Å². The molecule has 0 aromatic carbocycles. The average molecular weight is 305 g/mol. The fraction of sp³-hybridized carbons (Fsp3) is 0.625. The highest BCUT2D eigenvalue weighted by molar-refractivity contribution is 7.11. The van der Waals surface area contributed by atoms with E-state index in [0.717, 1.165) is 23.5 Å². The van der Waals surface area contributed by atoms with Crippen molar-refractivity contribution in [1.82, 2.24) is 9.88 Å². The van der Waals surface area contributed by atoms with E-state index in [0.29, 0.717) is 29.8 Å². The Labute approximate surface area is 130 Å². The van der Waals surface area contributed by atoms with Crippen LogP contribution in [0.3, 0.4) is 0 Å². The van der Waals surface area contributed by atoms with E-state index in [1.165, 1.54) is 43.4 Å². The zero-order valence-corrected chi connectivity index (χ0v) is 13.4. The minimum absolute atomic E-state index is 0.316. The Kier molecular flexibility index (Phi) is 4.29. The minimum Gasteiger partial charge on any atom is -0.510 e. The molecule has 0 bridgehead atoms. The van der Waals surface area contributed by atoms with Crippen molar-refractivity contribution in [3.8, 4) is 0 Å². The van der Waals surface area contributed by atoms with Gasteiger partial charge in [-0.2, -0.15) is 0 Å². The third-order valence-electron chi connectivity index (χ3n) is 4.48. The summed E-state index contributed by atoms with van der Waals surface area (Å²) < 4.78 is 0. The number of nitrogens with one attached hydrogen (secondary N) is 1. The summed E-state index contributed by atoms with van der Waals surface area (Å²) in [5.74, 6) is 0.781. The molecular formula is C16H23N3OS. The zero-order valence-electron chi connectivity index (χ0n) is 12.6. The van der Waals surface area contributed by atoms with Gasteiger partial charge in [0.2, 0.25) is 0 Å². The first-order valence-electron chi connectivity index (χ1n) is 7.87. The van der Waals surface area contributed by atoms with E-state index in [2.05, 4.69) is 9.88 Å². The molecule has 0 radical (unpaired) electrons. The molecule has 5 heteroatoms. The van der Waals surface area contributed by atoms with Gasteiger partial charge in [0.05, 0.1) is 12.1 Å². The second-order valence-corrected chi connectivity index (χ2v) is 6.95. The van der Waals surface area contributed by atoms with Gasteiger partial charge in [0.1, 0.15) is 16.6 Å². The first-order chi connectivity index (χ1) is 10.2. The van der Waals surface area contributed by atoms with Crippen molar-refractivity contribution in [3.63, 3.8) is 0 Å². The molecule has 0 unspecified atom stereocenters. The summed E-state index contributed by atoms with van der Waals surface area (Å²) >= 11 is 1.51. The molecule has 0 amide bonds. The lowest BCUT2D eigenvalue weighted by molar-refractivity contribution is 0.253. The smallest absolute Gasteiger partial charge is 0.135 e. The van der Waals surface area contributed by atoms with Crippen molar-refractivity contribution in [2.75, 3.05) is 6.54 Å². The largest absolute Gasteiger partial charge is 0.510 e. The van der Waals surface area contributed by atoms with Gasteiger partial charge >= 0.3 is 0 Å². The number of amidine groups is 1. The molecule has 2 aliphatic rings. The van der Waals surface area contributed by atoms with Gasteiger partial charge in [-0.05, 0) is 19.8 Å². The number of aryl methyl sites for hydroxylation is 1. The van der Waals surface area contributed by atoms with Crippen LogP contribution in [0, 0.1) is 12.3 Å². The summed E-state index contributed by atoms with van der Waals surface area (Å²) in [5.41, 5.74) is 1.60. The van der Waals surface area contributed by atoms with E-state index in [-0.39, 0.29) is 0 Å². The SMILES string of the molecule is Cc1csc(C2=C(O)CN(C3CCCCCCC3)C2=N)n1. The van der Waals surface area contributed by atoms with Crippen LogP contribution in [0.5, 0.6) is 0 Å². The molecule has 0 spiro atoms. The Morgan fingerprint density at radius 3 is 2.52 bits per heavy atom. The topological polar surface area (TPSA) is 60.2 Å². The van der Waals surface area contributed by atoms with Crippen LogP contribution in [0.4, 0.5) is 0 Å². The van der Waals surface area contributed by atoms with Crippen molar-refractivity contribution in [1.29, 1.82) is 5.41 Å². The second-order valence-electron chi connectivity index (χ2n) is 6.09. The van der Waals surface area contributed by atoms with Gasteiger partial charge in [-0.15, -0.1) is 11.3 Å². The van der Waals surface area contributed by atoms with Crippen molar-refractivity contribution >= 4 is 22.7 Å². The van der Waals surface area contributed by atoms with E-state index in [4.69, 9.17) is 5.41 Å². The van der Waals surface area contributed by atoms with E-state index >= 15 is 0 Å². The highest BCUT2D eigenvalue weighted by Crippen LogP contribution is 2.33. The predicted molar refractivity (Wildman–Crippen MR) is 86.9 cm³/mol. The number of aromatic nitrogens is 1. The standard InChI is InChI=1S/C16H23N3OS/c1-11-10-21-16(18-11)14-13(20)9-19(15(14)17)12-7-5-3-2-4-6-8-12/h10,12,17,20H,2-9H2,1H3. The van der Waals surface area contributed by atoms with Gasteiger partial charge < -0.3 is 10.0 Å². The molecule has 1 aromatic rings. The predicted octanol–water partition coefficient (Wildman–Crippen LogP) is 4.13. The molecule has 1 aliphatic heterocycles. The van der Waals surface area contributed by atoms with Crippen LogP contribution in [0.1, 0.15) is 55.6 Å². The summed E-state index contributed by atoms with van der Waals surface area (Å²) in [7, 11) is 0. The van der Waals surface area contributed by atoms with Crippen LogP contribution >= 0.6 is 11.3 Å². The number of thiazole rings is 1. The van der Waals surface area contributed by atoms with Crippen molar-refractivity contribution in [2.24, 2.45) is 0 Å². The molecule has 1 aromatic heterocycles. The Balaban J connectivity index is 1.77. The lowest BCUT2D eigenvalue weighted by Gasteiger charge is -2.31. The van der Waals surface area contributed by atoms with E-state index in [1.54, 1.807) is 0 Å². The number of aliphatic hydroxyl groups is 1. The quantitative estimate of drug-likeness (QED) is 0.863. The molecule has 4 nitrogen and oxygen atoms in total. The third kappa shape index (κ3) is 2.98. The number of aliphatic hydroxyl groups excluding tert-OH is 1. The maximum atomic E-state index is 10.3. The van der Waals surface area contributed by atoms with Crippen molar-refractivity contribution in [2.45, 2.75) is 57.9 Å². The molecule has 114 valence electrons. The zero-order chi connectivity index (χ0) is 14.8. The van der Waals surface area contributed by atoms with Crippen molar-refractivity contribution in [3.05, 3.63) is 21.8 Å². The Bertz CT molecular complexity index is 556. The normalized spacial score (nSPS) is 21.8. The summed E-state index contributed by atoms with van der Waals surface area (Å²) in [6.45, 7) is 2.43. The number of nitrogens with zero attached hydrogens (tertiary/aromatic N) is 2. The molecule has 0 saturated heterocycles. The maximum Gasteiger partial charge on any atom is 0.135 e. The van der Waals surface area contributed by atoms with Crippen LogP contribution in [0.15, 0.2) is 11.1 Å². The molecule has 2 heterocycles. The first kappa shape index (κ1) is 14.6. The monoisotopic (exact) mass is 305 g/mol. The van der Waals surface area contributed by atoms with Crippen molar-refractivity contribution < 1.29 is 5.11 Å². The molecule has 1 aliphatic carbocycles. The highest BCUT2D eigenvalue weighted by Gasteiger charge is 2.34. The van der Waals surface area contributed by atoms with Crippen LogP contribution in [0.2, 0.25) is 0 Å². The van der Waals surface area contributed by atoms with Gasteiger partial charge in [0.25, 0.3) is 0 Å². The van der Waals surface area contributed by atoms with Gasteiger partial charge in [0, 0.05) is 17.1 Å². The Morgan fingerprint density at radius 1 is 1.24 bits per heavy atom. The lowest BCUT2D eigenvalue weighted by atomic mass is 9.95. The Morgan fingerprint density at radius 2 is 1.90 bits per heavy atom. The fourth-order valence-corrected chi connectivity index (χ4v) is 4.22. The van der Waals surface area contributed by atoms with Crippen LogP contribution in [0.25, 0.3) is 5.57 Å². The lowest BCUT2D eigenvalue weighted by Crippen LogP contribution is -2.37. The fourth-order valence-electron chi connectivity index (χ4n) is 3.35. The number of rotatable bonds is 2. The molecule has 2 N–H and O–H groups in total. The maximum absolute atomic E-state index is 10.3. The van der Waals surface area contributed by atoms with E-state index in [9.17, 15) is 5.11 Å². The van der Waals surface area contributed by atoms with Crippen LogP contribution < -0.4 is 0 Å². The molecule has 21 heavy (non-hydrogen) atoms. The summed E-state index contributed by atoms with van der Waals surface area (Å²) in [6, 6.07) is 0.401. The summed E-state index contributed by atoms with van der Waals surface area (Å²) in [4.78, 5) is 6.53. The average Bonchev–Trinajstić information content (AvgIpc) is 2.94. The molecule has 3 rings (SSSR count). The second kappa shape index (κ2) is 6.18. The molecule has 0 atom stereocenters. The minimum atomic E-state index is 0.316. The Hall–Kier alpha value is -1.36. The molecule has 1 saturated carbocycles. The molecular weight excluding hydrogens is 282 g/mol. The molecule has 1 fully saturated rings. The van der Waals surface area contributed by atoms with E-state index in [1.807, 2.05) is 12.3 Å². The van der Waals surface area contributed by atoms with Gasteiger partial charge in [-0.3, -0.25) is 5.41 Å². The van der Waals surface area contributed by atoms with Crippen LogP contribution in [-0.4, -0.2) is 33.4 Å². The van der Waals surface area contributed by atoms with E-state index < -0.39 is 0 Å². The number of hydrogen-bond donors (Lipinski definition) is 2. The number of hydrogen-bond acceptors (Lipinski definition) is 4. The van der Waals surface area contributed by atoms with Crippen LogP contribution in [-0.2, 0) is 0 Å². The highest BCUT2D eigenvalue weighted by atomic mass is 32.1. The van der Waals surface area contributed by atoms with Gasteiger partial charge in [-0.25, -0.2) is 4.98 Å².